The van der Waals surface area contributed by atoms with E-state index in [-0.39, 0.29) is 24.3 Å². The number of benzene rings is 2. The van der Waals surface area contributed by atoms with Crippen molar-refractivity contribution in [1.82, 2.24) is 19.9 Å². The highest BCUT2D eigenvalue weighted by atomic mass is 19.1. The normalized spacial score (nSPS) is 19.3. The molecule has 0 saturated carbocycles. The maximum Gasteiger partial charge on any atom is 0.231 e. The molecule has 6 rings (SSSR count). The molecular weight excluding hydrogens is 509 g/mol. The van der Waals surface area contributed by atoms with Crippen molar-refractivity contribution in [3.8, 4) is 0 Å². The molecule has 40 heavy (non-hydrogen) atoms. The smallest absolute Gasteiger partial charge is 0.231 e. The second kappa shape index (κ2) is 11.1. The lowest BCUT2D eigenvalue weighted by molar-refractivity contribution is 0.104. The molecule has 1 fully saturated rings. The Hall–Kier alpha value is -4.28. The molecule has 3 heterocycles. The van der Waals surface area contributed by atoms with Crippen molar-refractivity contribution in [2.24, 2.45) is 5.92 Å². The Bertz CT molecular complexity index is 1530. The number of carbonyl (C=O) groups is 1. The molecule has 10 heteroatoms. The molecule has 0 amide bonds. The van der Waals surface area contributed by atoms with Crippen LogP contribution < -0.4 is 15.5 Å². The summed E-state index contributed by atoms with van der Waals surface area (Å²) in [6.45, 7) is 4.15. The number of likely N-dealkylation sites (N-methyl/N-ethyl adjacent to an activating group) is 1. The van der Waals surface area contributed by atoms with Crippen LogP contribution in [-0.4, -0.2) is 76.6 Å². The number of hydrogen-bond donors (Lipinski definition) is 4. The second-order valence-electron chi connectivity index (χ2n) is 10.4. The minimum atomic E-state index is -0.403. The summed E-state index contributed by atoms with van der Waals surface area (Å²) in [7, 11) is 2.14. The fraction of sp³-hybridized carbons (Fsp3) is 0.300. The van der Waals surface area contributed by atoms with Crippen molar-refractivity contribution in [3.63, 3.8) is 0 Å². The van der Waals surface area contributed by atoms with Crippen LogP contribution >= 0.6 is 0 Å². The monoisotopic (exact) mass is 541 g/mol. The van der Waals surface area contributed by atoms with E-state index >= 15 is 0 Å². The van der Waals surface area contributed by atoms with Gasteiger partial charge in [-0.1, -0.05) is 12.2 Å². The van der Waals surface area contributed by atoms with Gasteiger partial charge in [0.1, 0.15) is 17.3 Å². The summed E-state index contributed by atoms with van der Waals surface area (Å²) in [5, 5.41) is 16.9. The fourth-order valence-electron chi connectivity index (χ4n) is 5.27. The van der Waals surface area contributed by atoms with Crippen LogP contribution in [0.2, 0.25) is 0 Å². The van der Waals surface area contributed by atoms with Crippen molar-refractivity contribution in [2.75, 3.05) is 55.4 Å². The number of carbonyl (C=O) groups excluding carboxylic acids is 1. The average molecular weight is 542 g/mol. The van der Waals surface area contributed by atoms with E-state index < -0.39 is 5.82 Å². The van der Waals surface area contributed by atoms with E-state index in [0.717, 1.165) is 31.9 Å². The van der Waals surface area contributed by atoms with Gasteiger partial charge in [0.15, 0.2) is 5.78 Å². The van der Waals surface area contributed by atoms with E-state index in [1.807, 2.05) is 24.3 Å². The van der Waals surface area contributed by atoms with Crippen LogP contribution in [0.15, 0.2) is 66.9 Å². The van der Waals surface area contributed by atoms with Crippen LogP contribution in [0, 0.1) is 11.7 Å². The summed E-state index contributed by atoms with van der Waals surface area (Å²) in [6.07, 6.45) is 6.32. The highest BCUT2D eigenvalue weighted by molar-refractivity contribution is 6.18. The molecule has 0 unspecified atom stereocenters. The van der Waals surface area contributed by atoms with Gasteiger partial charge in [0.05, 0.1) is 10.9 Å². The highest BCUT2D eigenvalue weighted by Gasteiger charge is 2.24. The first-order valence-electron chi connectivity index (χ1n) is 13.5. The number of piperazine rings is 1. The maximum absolute atomic E-state index is 13.5. The van der Waals surface area contributed by atoms with E-state index in [9.17, 15) is 14.3 Å². The van der Waals surface area contributed by atoms with Gasteiger partial charge in [0, 0.05) is 67.9 Å². The van der Waals surface area contributed by atoms with Gasteiger partial charge in [-0.25, -0.2) is 4.39 Å². The first-order chi connectivity index (χ1) is 19.5. The van der Waals surface area contributed by atoms with Gasteiger partial charge < -0.3 is 30.5 Å². The molecule has 9 nitrogen and oxygen atoms in total. The number of rotatable bonds is 8. The third-order valence-corrected chi connectivity index (χ3v) is 7.60. The van der Waals surface area contributed by atoms with Gasteiger partial charge in [0.25, 0.3) is 0 Å². The van der Waals surface area contributed by atoms with E-state index in [1.165, 1.54) is 30.0 Å². The number of aliphatic hydroxyl groups excluding tert-OH is 1. The van der Waals surface area contributed by atoms with Crippen LogP contribution in [0.3, 0.4) is 0 Å². The summed E-state index contributed by atoms with van der Waals surface area (Å²) >= 11 is 0. The molecule has 0 radical (unpaired) electrons. The van der Waals surface area contributed by atoms with Crippen molar-refractivity contribution in [3.05, 3.63) is 83.8 Å². The van der Waals surface area contributed by atoms with E-state index in [1.54, 1.807) is 6.20 Å². The van der Waals surface area contributed by atoms with Gasteiger partial charge in [-0.3, -0.25) is 4.79 Å². The van der Waals surface area contributed by atoms with Crippen molar-refractivity contribution < 1.29 is 14.3 Å². The molecule has 2 aromatic heterocycles. The number of aromatic nitrogens is 3. The Morgan fingerprint density at radius 2 is 1.80 bits per heavy atom. The molecule has 0 spiro atoms. The molecule has 1 aliphatic carbocycles. The molecule has 1 saturated heterocycles. The van der Waals surface area contributed by atoms with Gasteiger partial charge in [-0.05, 0) is 62.0 Å². The summed E-state index contributed by atoms with van der Waals surface area (Å²) in [5.41, 5.74) is 3.29. The molecule has 0 bridgehead atoms. The van der Waals surface area contributed by atoms with Crippen molar-refractivity contribution in [1.29, 1.82) is 0 Å². The lowest BCUT2D eigenvalue weighted by Gasteiger charge is -2.34. The zero-order valence-corrected chi connectivity index (χ0v) is 22.3. The van der Waals surface area contributed by atoms with Gasteiger partial charge in [-0.15, -0.1) is 0 Å². The number of aromatic amines is 1. The van der Waals surface area contributed by atoms with Crippen molar-refractivity contribution in [2.45, 2.75) is 12.5 Å². The molecule has 2 aromatic carbocycles. The van der Waals surface area contributed by atoms with Crippen LogP contribution in [0.5, 0.6) is 0 Å². The SMILES string of the molecule is CN1CCN(c2ccc(Nc3nc(N[C@H]4C=C[C@@H](CO)C4)c4c(C(=O)c5ccc(F)cc5)c[nH]c4n3)cc2)CC1. The third-order valence-electron chi connectivity index (χ3n) is 7.60. The lowest BCUT2D eigenvalue weighted by atomic mass is 10.0. The molecule has 2 atom stereocenters. The van der Waals surface area contributed by atoms with Gasteiger partial charge >= 0.3 is 0 Å². The average Bonchev–Trinajstić information content (AvgIpc) is 3.61. The maximum atomic E-state index is 13.5. The zero-order chi connectivity index (χ0) is 27.6. The molecule has 1 aliphatic heterocycles. The Kier molecular flexibility index (Phi) is 7.19. The van der Waals surface area contributed by atoms with Crippen LogP contribution in [0.25, 0.3) is 11.0 Å². The van der Waals surface area contributed by atoms with Crippen LogP contribution in [0.1, 0.15) is 22.3 Å². The predicted molar refractivity (Wildman–Crippen MR) is 155 cm³/mol. The first kappa shape index (κ1) is 26.0. The minimum Gasteiger partial charge on any atom is -0.396 e. The van der Waals surface area contributed by atoms with E-state index in [0.29, 0.717) is 40.3 Å². The molecule has 4 N–H and O–H groups in total. The molecule has 206 valence electrons. The predicted octanol–water partition coefficient (Wildman–Crippen LogP) is 4.17. The Morgan fingerprint density at radius 3 is 2.50 bits per heavy atom. The number of fused-ring (bicyclic) bond motifs is 1. The topological polar surface area (TPSA) is 109 Å². The van der Waals surface area contributed by atoms with Crippen molar-refractivity contribution >= 4 is 40.0 Å². The summed E-state index contributed by atoms with van der Waals surface area (Å²) in [5.74, 6) is 0.290. The number of aliphatic hydroxyl groups is 1. The lowest BCUT2D eigenvalue weighted by Crippen LogP contribution is -2.44. The summed E-state index contributed by atoms with van der Waals surface area (Å²) in [4.78, 5) is 30.7. The fourth-order valence-corrected chi connectivity index (χ4v) is 5.27. The Labute approximate surface area is 231 Å². The number of H-pyrrole nitrogens is 1. The Balaban J connectivity index is 1.30. The quantitative estimate of drug-likeness (QED) is 0.194. The number of hydrogen-bond acceptors (Lipinski definition) is 8. The second-order valence-corrected chi connectivity index (χ2v) is 10.4. The van der Waals surface area contributed by atoms with E-state index in [2.05, 4.69) is 49.6 Å². The summed E-state index contributed by atoms with van der Waals surface area (Å²) in [6, 6.07) is 13.6. The molecule has 4 aromatic rings. The zero-order valence-electron chi connectivity index (χ0n) is 22.3. The number of nitrogens with zero attached hydrogens (tertiary/aromatic N) is 4. The summed E-state index contributed by atoms with van der Waals surface area (Å²) < 4.78 is 13.5. The molecule has 2 aliphatic rings. The number of anilines is 4. The van der Waals surface area contributed by atoms with Gasteiger partial charge in [0.2, 0.25) is 5.95 Å². The Morgan fingerprint density at radius 1 is 1.05 bits per heavy atom. The molecular formula is C30H32FN7O2. The number of nitrogens with one attached hydrogen (secondary N) is 3. The standard InChI is InChI=1S/C30H32FN7O2/c1-37-12-14-38(15-13-37)24-10-8-22(9-11-24)34-30-35-28-26(29(36-30)33-23-7-2-19(16-23)18-39)25(17-32-28)27(40)20-3-5-21(31)6-4-20/h2-11,17,19,23,39H,12-16,18H2,1H3,(H3,32,33,34,35,36)/t19-,23+/m1/s1. The van der Waals surface area contributed by atoms with Crippen LogP contribution in [0.4, 0.5) is 27.5 Å². The minimum absolute atomic E-state index is 0.0605. The van der Waals surface area contributed by atoms with E-state index in [4.69, 9.17) is 4.98 Å². The largest absolute Gasteiger partial charge is 0.396 e. The third kappa shape index (κ3) is 5.41. The number of halogens is 1. The first-order valence-corrected chi connectivity index (χ1v) is 13.5. The van der Waals surface area contributed by atoms with Crippen LogP contribution in [-0.2, 0) is 0 Å². The number of ketones is 1. The highest BCUT2D eigenvalue weighted by Crippen LogP contribution is 2.31. The van der Waals surface area contributed by atoms with Gasteiger partial charge in [-0.2, -0.15) is 9.97 Å².